The van der Waals surface area contributed by atoms with E-state index in [1.165, 1.54) is 4.31 Å². The van der Waals surface area contributed by atoms with E-state index in [1.54, 1.807) is 24.3 Å². The SMILES string of the molecule is CS(=O)(=O)N1CCC2(CC1)CC(C[C@H](NC(=O)[C@H](CC1CCCCC1)NC(=O)OCc1cccc(Cl)c1)C(=O)C(=O)NC1CC1)C(=O)N2. The van der Waals surface area contributed by atoms with Crippen molar-refractivity contribution in [3.8, 4) is 0 Å². The lowest BCUT2D eigenvalue weighted by Gasteiger charge is -2.38. The maximum Gasteiger partial charge on any atom is 0.408 e. The van der Waals surface area contributed by atoms with Gasteiger partial charge in [0, 0.05) is 35.6 Å². The summed E-state index contributed by atoms with van der Waals surface area (Å²) in [5.41, 5.74) is 0.0436. The Balaban J connectivity index is 1.28. The first kappa shape index (κ1) is 36.1. The van der Waals surface area contributed by atoms with Crippen LogP contribution in [0.4, 0.5) is 4.79 Å². The minimum Gasteiger partial charge on any atom is -0.445 e. The van der Waals surface area contributed by atoms with Crippen LogP contribution in [0.1, 0.15) is 82.6 Å². The summed E-state index contributed by atoms with van der Waals surface area (Å²) >= 11 is 6.04. The van der Waals surface area contributed by atoms with E-state index < -0.39 is 57.3 Å². The number of rotatable bonds is 13. The number of hydrogen-bond acceptors (Lipinski definition) is 8. The largest absolute Gasteiger partial charge is 0.445 e. The molecular formula is C33H46ClN5O8S. The number of Topliss-reactive ketones (excluding diaryl/α,β-unsaturated/α-hetero) is 1. The molecule has 4 aliphatic rings. The van der Waals surface area contributed by atoms with Crippen LogP contribution in [0.3, 0.4) is 0 Å². The van der Waals surface area contributed by atoms with Crippen LogP contribution in [0, 0.1) is 11.8 Å². The van der Waals surface area contributed by atoms with Crippen LogP contribution in [0.15, 0.2) is 24.3 Å². The van der Waals surface area contributed by atoms with Crippen LogP contribution in [0.2, 0.25) is 5.02 Å². The number of nitrogens with one attached hydrogen (secondary N) is 4. The molecule has 5 rings (SSSR count). The van der Waals surface area contributed by atoms with Crippen LogP contribution in [-0.2, 0) is 40.5 Å². The van der Waals surface area contributed by atoms with Crippen molar-refractivity contribution in [2.75, 3.05) is 19.3 Å². The minimum absolute atomic E-state index is 0.0624. The zero-order valence-corrected chi connectivity index (χ0v) is 28.9. The van der Waals surface area contributed by atoms with E-state index in [-0.39, 0.29) is 44.0 Å². The number of carbonyl (C=O) groups excluding carboxylic acids is 5. The molecule has 4 amide bonds. The van der Waals surface area contributed by atoms with Gasteiger partial charge in [-0.15, -0.1) is 0 Å². The van der Waals surface area contributed by atoms with Crippen molar-refractivity contribution in [2.24, 2.45) is 11.8 Å². The molecule has 4 N–H and O–H groups in total. The normalized spacial score (nSPS) is 22.7. The number of piperidine rings is 1. The van der Waals surface area contributed by atoms with Crippen LogP contribution in [0.5, 0.6) is 0 Å². The number of ether oxygens (including phenoxy) is 1. The third-order valence-corrected chi connectivity index (χ3v) is 11.5. The zero-order valence-electron chi connectivity index (χ0n) is 27.3. The predicted molar refractivity (Wildman–Crippen MR) is 177 cm³/mol. The Morgan fingerprint density at radius 3 is 2.38 bits per heavy atom. The summed E-state index contributed by atoms with van der Waals surface area (Å²) < 4.78 is 30.8. The van der Waals surface area contributed by atoms with Gasteiger partial charge in [-0.1, -0.05) is 55.8 Å². The summed E-state index contributed by atoms with van der Waals surface area (Å²) in [5, 5.41) is 11.6. The Morgan fingerprint density at radius 2 is 1.73 bits per heavy atom. The van der Waals surface area contributed by atoms with Crippen molar-refractivity contribution in [1.29, 1.82) is 0 Å². The molecule has 2 aliphatic carbocycles. The van der Waals surface area contributed by atoms with Gasteiger partial charge in [-0.25, -0.2) is 17.5 Å². The molecular weight excluding hydrogens is 662 g/mol. The molecule has 2 saturated heterocycles. The second-order valence-electron chi connectivity index (χ2n) is 13.9. The number of halogens is 1. The van der Waals surface area contributed by atoms with Gasteiger partial charge in [-0.2, -0.15) is 0 Å². The number of ketones is 1. The number of carbonyl (C=O) groups is 5. The second kappa shape index (κ2) is 15.5. The van der Waals surface area contributed by atoms with E-state index in [1.807, 2.05) is 0 Å². The van der Waals surface area contributed by atoms with E-state index in [2.05, 4.69) is 21.3 Å². The van der Waals surface area contributed by atoms with Crippen LogP contribution in [-0.4, -0.2) is 85.3 Å². The second-order valence-corrected chi connectivity index (χ2v) is 16.3. The number of hydrogen-bond donors (Lipinski definition) is 4. The molecule has 1 unspecified atom stereocenters. The van der Waals surface area contributed by atoms with Crippen LogP contribution < -0.4 is 21.3 Å². The smallest absolute Gasteiger partial charge is 0.408 e. The Labute approximate surface area is 286 Å². The van der Waals surface area contributed by atoms with Crippen molar-refractivity contribution in [3.05, 3.63) is 34.9 Å². The highest BCUT2D eigenvalue weighted by atomic mass is 35.5. The third-order valence-electron chi connectivity index (χ3n) is 10.00. The first-order chi connectivity index (χ1) is 22.8. The monoisotopic (exact) mass is 707 g/mol. The minimum atomic E-state index is -3.37. The molecule has 1 aromatic rings. The molecule has 0 bridgehead atoms. The number of amides is 4. The fourth-order valence-electron chi connectivity index (χ4n) is 7.12. The number of alkyl carbamates (subject to hydrolysis) is 1. The van der Waals surface area contributed by atoms with Gasteiger partial charge in [0.05, 0.1) is 12.3 Å². The first-order valence-corrected chi connectivity index (χ1v) is 19.1. The van der Waals surface area contributed by atoms with Gasteiger partial charge in [0.25, 0.3) is 5.91 Å². The summed E-state index contributed by atoms with van der Waals surface area (Å²) in [6, 6.07) is 4.43. The molecule has 1 spiro atoms. The zero-order chi connectivity index (χ0) is 34.5. The van der Waals surface area contributed by atoms with Gasteiger partial charge in [-0.05, 0) is 68.6 Å². The summed E-state index contributed by atoms with van der Waals surface area (Å²) in [6.45, 7) is 0.459. The van der Waals surface area contributed by atoms with Crippen molar-refractivity contribution in [1.82, 2.24) is 25.6 Å². The lowest BCUT2D eigenvalue weighted by molar-refractivity contribution is -0.141. The average molecular weight is 708 g/mol. The van der Waals surface area contributed by atoms with Crippen molar-refractivity contribution in [2.45, 2.75) is 107 Å². The molecule has 0 radical (unpaired) electrons. The Morgan fingerprint density at radius 1 is 1.02 bits per heavy atom. The van der Waals surface area contributed by atoms with E-state index in [4.69, 9.17) is 16.3 Å². The summed E-state index contributed by atoms with van der Waals surface area (Å²) in [4.78, 5) is 66.5. The quantitative estimate of drug-likeness (QED) is 0.226. The molecule has 2 heterocycles. The van der Waals surface area contributed by atoms with E-state index in [0.29, 0.717) is 36.3 Å². The highest BCUT2D eigenvalue weighted by Crippen LogP contribution is 2.37. The molecule has 264 valence electrons. The number of sulfonamides is 1. The van der Waals surface area contributed by atoms with E-state index in [9.17, 15) is 32.4 Å². The molecule has 3 atom stereocenters. The van der Waals surface area contributed by atoms with E-state index >= 15 is 0 Å². The van der Waals surface area contributed by atoms with Gasteiger partial charge in [-0.3, -0.25) is 19.2 Å². The van der Waals surface area contributed by atoms with Gasteiger partial charge < -0.3 is 26.0 Å². The lowest BCUT2D eigenvalue weighted by Crippen LogP contribution is -2.55. The first-order valence-electron chi connectivity index (χ1n) is 16.9. The highest BCUT2D eigenvalue weighted by Gasteiger charge is 2.48. The predicted octanol–water partition coefficient (Wildman–Crippen LogP) is 2.56. The van der Waals surface area contributed by atoms with Crippen molar-refractivity contribution >= 4 is 51.2 Å². The highest BCUT2D eigenvalue weighted by molar-refractivity contribution is 7.88. The maximum absolute atomic E-state index is 13.9. The summed E-state index contributed by atoms with van der Waals surface area (Å²) in [5.74, 6) is -3.13. The molecule has 48 heavy (non-hydrogen) atoms. The third kappa shape index (κ3) is 9.91. The Hall–Kier alpha value is -3.23. The van der Waals surface area contributed by atoms with Crippen molar-refractivity contribution < 1.29 is 37.1 Å². The van der Waals surface area contributed by atoms with Gasteiger partial charge in [0.1, 0.15) is 12.6 Å². The molecule has 13 nitrogen and oxygen atoms in total. The fourth-order valence-corrected chi connectivity index (χ4v) is 8.18. The van der Waals surface area contributed by atoms with Gasteiger partial charge in [0.2, 0.25) is 27.6 Å². The molecule has 4 fully saturated rings. The van der Waals surface area contributed by atoms with Crippen LogP contribution in [0.25, 0.3) is 0 Å². The molecule has 1 aromatic carbocycles. The Bertz CT molecular complexity index is 1490. The van der Waals surface area contributed by atoms with Crippen LogP contribution >= 0.6 is 11.6 Å². The lowest BCUT2D eigenvalue weighted by atomic mass is 9.82. The fraction of sp³-hybridized carbons (Fsp3) is 0.667. The summed E-state index contributed by atoms with van der Waals surface area (Å²) in [7, 11) is -3.37. The summed E-state index contributed by atoms with van der Waals surface area (Å²) in [6.07, 6.45) is 8.20. The van der Waals surface area contributed by atoms with Gasteiger partial charge in [0.15, 0.2) is 0 Å². The number of nitrogens with zero attached hydrogens (tertiary/aromatic N) is 1. The molecule has 15 heteroatoms. The number of benzene rings is 1. The topological polar surface area (TPSA) is 180 Å². The molecule has 2 aliphatic heterocycles. The standard InChI is InChI=1S/C33H46ClN5O8S/c1-48(45,46)39-14-12-33(13-15-39)19-23(29(41)38-33)18-26(28(40)31(43)35-25-10-11-25)36-30(42)27(17-21-6-3-2-4-7-21)37-32(44)47-20-22-8-5-9-24(34)16-22/h5,8-9,16,21,23,25-27H,2-4,6-7,10-15,17-20H2,1H3,(H,35,43)(H,36,42)(H,37,44)(H,38,41)/t23?,26-,27-/m0/s1. The Kier molecular flexibility index (Phi) is 11.7. The average Bonchev–Trinajstić information content (AvgIpc) is 3.81. The van der Waals surface area contributed by atoms with E-state index in [0.717, 1.165) is 51.2 Å². The maximum atomic E-state index is 13.9. The molecule has 0 aromatic heterocycles. The van der Waals surface area contributed by atoms with Crippen molar-refractivity contribution in [3.63, 3.8) is 0 Å². The molecule has 2 saturated carbocycles. The van der Waals surface area contributed by atoms with Gasteiger partial charge >= 0.3 is 6.09 Å².